The molecule has 0 saturated carbocycles. The van der Waals surface area contributed by atoms with E-state index in [1.807, 2.05) is 6.08 Å². The van der Waals surface area contributed by atoms with Crippen molar-refractivity contribution >= 4 is 11.6 Å². The van der Waals surface area contributed by atoms with Crippen LogP contribution in [-0.2, 0) is 0 Å². The summed E-state index contributed by atoms with van der Waals surface area (Å²) in [4.78, 5) is 0. The van der Waals surface area contributed by atoms with Gasteiger partial charge in [0.2, 0.25) is 0 Å². The minimum atomic E-state index is -0.270. The maximum Gasteiger partial charge on any atom is 0.128 e. The summed E-state index contributed by atoms with van der Waals surface area (Å²) >= 11 is 5.83. The van der Waals surface area contributed by atoms with E-state index < -0.39 is 0 Å². The number of allylic oxidation sites excluding steroid dienone is 1. The zero-order chi connectivity index (χ0) is 12.7. The lowest BCUT2D eigenvalue weighted by Gasteiger charge is -2.13. The second-order valence-corrected chi connectivity index (χ2v) is 4.64. The number of halogens is 2. The van der Waals surface area contributed by atoms with Crippen LogP contribution in [0.4, 0.5) is 4.39 Å². The molecule has 1 aromatic rings. The van der Waals surface area contributed by atoms with Gasteiger partial charge in [0.25, 0.3) is 0 Å². The highest BCUT2D eigenvalue weighted by molar-refractivity contribution is 6.30. The van der Waals surface area contributed by atoms with E-state index in [-0.39, 0.29) is 11.9 Å². The Morgan fingerprint density at radius 2 is 2.12 bits per heavy atom. The van der Waals surface area contributed by atoms with Crippen molar-refractivity contribution in [2.45, 2.75) is 38.1 Å². The Bertz CT molecular complexity index is 365. The SMILES string of the molecule is C=CCCCCCC(N)c1cc(Cl)ccc1F. The predicted molar refractivity (Wildman–Crippen MR) is 71.6 cm³/mol. The fraction of sp³-hybridized carbons (Fsp3) is 0.429. The molecule has 0 amide bonds. The molecule has 2 N–H and O–H groups in total. The molecule has 0 fully saturated rings. The number of nitrogens with two attached hydrogens (primary N) is 1. The van der Waals surface area contributed by atoms with E-state index in [0.29, 0.717) is 10.6 Å². The second-order valence-electron chi connectivity index (χ2n) is 4.20. The van der Waals surface area contributed by atoms with Crippen LogP contribution in [0.15, 0.2) is 30.9 Å². The predicted octanol–water partition coefficient (Wildman–Crippen LogP) is 4.62. The zero-order valence-corrected chi connectivity index (χ0v) is 10.7. The van der Waals surface area contributed by atoms with Crippen molar-refractivity contribution in [3.8, 4) is 0 Å². The Morgan fingerprint density at radius 3 is 2.82 bits per heavy atom. The Labute approximate surface area is 107 Å². The molecule has 3 heteroatoms. The quantitative estimate of drug-likeness (QED) is 0.559. The number of unbranched alkanes of at least 4 members (excludes halogenated alkanes) is 3. The van der Waals surface area contributed by atoms with E-state index in [2.05, 4.69) is 6.58 Å². The fourth-order valence-corrected chi connectivity index (χ4v) is 1.96. The van der Waals surface area contributed by atoms with Crippen LogP contribution in [0.25, 0.3) is 0 Å². The second kappa shape index (κ2) is 7.46. The van der Waals surface area contributed by atoms with Crippen molar-refractivity contribution in [1.29, 1.82) is 0 Å². The van der Waals surface area contributed by atoms with Gasteiger partial charge < -0.3 is 5.73 Å². The summed E-state index contributed by atoms with van der Waals surface area (Å²) in [6, 6.07) is 4.26. The van der Waals surface area contributed by atoms with Crippen molar-refractivity contribution in [2.75, 3.05) is 0 Å². The molecule has 0 radical (unpaired) electrons. The molecule has 1 unspecified atom stereocenters. The number of benzene rings is 1. The minimum Gasteiger partial charge on any atom is -0.324 e. The summed E-state index contributed by atoms with van der Waals surface area (Å²) in [6.45, 7) is 3.67. The first-order chi connectivity index (χ1) is 8.15. The first kappa shape index (κ1) is 14.2. The van der Waals surface area contributed by atoms with E-state index >= 15 is 0 Å². The molecular weight excluding hydrogens is 237 g/mol. The topological polar surface area (TPSA) is 26.0 Å². The number of hydrogen-bond donors (Lipinski definition) is 1. The smallest absolute Gasteiger partial charge is 0.128 e. The molecule has 0 heterocycles. The monoisotopic (exact) mass is 255 g/mol. The largest absolute Gasteiger partial charge is 0.324 e. The standard InChI is InChI=1S/C14H19ClFN/c1-2-3-4-5-6-7-14(17)12-10-11(15)8-9-13(12)16/h2,8-10,14H,1,3-7,17H2. The van der Waals surface area contributed by atoms with Gasteiger partial charge in [0.15, 0.2) is 0 Å². The molecule has 1 nitrogen and oxygen atoms in total. The summed E-state index contributed by atoms with van der Waals surface area (Å²) in [6.07, 6.45) is 6.95. The molecule has 0 bridgehead atoms. The molecule has 0 aliphatic carbocycles. The van der Waals surface area contributed by atoms with Crippen molar-refractivity contribution < 1.29 is 4.39 Å². The summed E-state index contributed by atoms with van der Waals surface area (Å²) in [5, 5.41) is 0.531. The molecular formula is C14H19ClFN. The summed E-state index contributed by atoms with van der Waals surface area (Å²) in [5.41, 5.74) is 6.48. The molecule has 17 heavy (non-hydrogen) atoms. The van der Waals surface area contributed by atoms with Gasteiger partial charge in [-0.3, -0.25) is 0 Å². The average Bonchev–Trinajstić information content (AvgIpc) is 2.32. The Balaban J connectivity index is 2.43. The third kappa shape index (κ3) is 4.88. The lowest BCUT2D eigenvalue weighted by molar-refractivity contribution is 0.535. The summed E-state index contributed by atoms with van der Waals surface area (Å²) < 4.78 is 13.5. The van der Waals surface area contributed by atoms with Crippen LogP contribution in [0, 0.1) is 5.82 Å². The van der Waals surface area contributed by atoms with Crippen LogP contribution in [0.3, 0.4) is 0 Å². The summed E-state index contributed by atoms with van der Waals surface area (Å²) in [7, 11) is 0. The Morgan fingerprint density at radius 1 is 1.35 bits per heavy atom. The van der Waals surface area contributed by atoms with Crippen molar-refractivity contribution in [3.63, 3.8) is 0 Å². The van der Waals surface area contributed by atoms with Gasteiger partial charge in [0.1, 0.15) is 5.82 Å². The Kier molecular flexibility index (Phi) is 6.23. The van der Waals surface area contributed by atoms with Crippen molar-refractivity contribution in [3.05, 3.63) is 47.3 Å². The van der Waals surface area contributed by atoms with Gasteiger partial charge in [-0.25, -0.2) is 4.39 Å². The fourth-order valence-electron chi connectivity index (χ4n) is 1.78. The molecule has 0 aromatic heterocycles. The van der Waals surface area contributed by atoms with Crippen LogP contribution < -0.4 is 5.73 Å². The molecule has 0 aliphatic heterocycles. The van der Waals surface area contributed by atoms with Gasteiger partial charge in [-0.1, -0.05) is 30.5 Å². The van der Waals surface area contributed by atoms with E-state index in [1.165, 1.54) is 12.1 Å². The van der Waals surface area contributed by atoms with E-state index in [9.17, 15) is 4.39 Å². The van der Waals surface area contributed by atoms with Gasteiger partial charge in [0, 0.05) is 16.6 Å². The number of hydrogen-bond acceptors (Lipinski definition) is 1. The number of rotatable bonds is 7. The first-order valence-electron chi connectivity index (χ1n) is 5.96. The van der Waals surface area contributed by atoms with Crippen LogP contribution in [0.2, 0.25) is 5.02 Å². The highest BCUT2D eigenvalue weighted by atomic mass is 35.5. The molecule has 0 aliphatic rings. The zero-order valence-electron chi connectivity index (χ0n) is 9.96. The van der Waals surface area contributed by atoms with Crippen LogP contribution in [0.1, 0.15) is 43.7 Å². The van der Waals surface area contributed by atoms with E-state index in [0.717, 1.165) is 32.1 Å². The van der Waals surface area contributed by atoms with Gasteiger partial charge >= 0.3 is 0 Å². The normalized spacial score (nSPS) is 12.4. The highest BCUT2D eigenvalue weighted by Crippen LogP contribution is 2.23. The molecule has 1 rings (SSSR count). The third-order valence-electron chi connectivity index (χ3n) is 2.78. The first-order valence-corrected chi connectivity index (χ1v) is 6.34. The maximum atomic E-state index is 13.5. The van der Waals surface area contributed by atoms with Crippen LogP contribution in [0.5, 0.6) is 0 Å². The third-order valence-corrected chi connectivity index (χ3v) is 3.02. The highest BCUT2D eigenvalue weighted by Gasteiger charge is 2.11. The average molecular weight is 256 g/mol. The molecule has 1 atom stereocenters. The summed E-state index contributed by atoms with van der Waals surface area (Å²) in [5.74, 6) is -0.270. The molecule has 94 valence electrons. The lowest BCUT2D eigenvalue weighted by Crippen LogP contribution is -2.12. The molecule has 0 spiro atoms. The maximum absolute atomic E-state index is 13.5. The molecule has 0 saturated heterocycles. The lowest BCUT2D eigenvalue weighted by atomic mass is 10.0. The van der Waals surface area contributed by atoms with Crippen LogP contribution in [-0.4, -0.2) is 0 Å². The minimum absolute atomic E-state index is 0.266. The van der Waals surface area contributed by atoms with Crippen LogP contribution >= 0.6 is 11.6 Å². The van der Waals surface area contributed by atoms with Gasteiger partial charge in [-0.05, 0) is 37.5 Å². The molecule has 1 aromatic carbocycles. The van der Waals surface area contributed by atoms with Gasteiger partial charge in [0.05, 0.1) is 0 Å². The van der Waals surface area contributed by atoms with Crippen molar-refractivity contribution in [2.24, 2.45) is 5.73 Å². The van der Waals surface area contributed by atoms with Gasteiger partial charge in [-0.15, -0.1) is 6.58 Å². The van der Waals surface area contributed by atoms with E-state index in [4.69, 9.17) is 17.3 Å². The van der Waals surface area contributed by atoms with E-state index in [1.54, 1.807) is 6.07 Å². The Hall–Kier alpha value is -0.860. The van der Waals surface area contributed by atoms with Crippen molar-refractivity contribution in [1.82, 2.24) is 0 Å². The van der Waals surface area contributed by atoms with Gasteiger partial charge in [-0.2, -0.15) is 0 Å².